The summed E-state index contributed by atoms with van der Waals surface area (Å²) in [6.07, 6.45) is 0. The van der Waals surface area contributed by atoms with Crippen molar-refractivity contribution in [2.24, 2.45) is 5.41 Å². The Kier molecular flexibility index (Phi) is 6.11. The van der Waals surface area contributed by atoms with Crippen LogP contribution in [0.2, 0.25) is 0 Å². The van der Waals surface area contributed by atoms with Crippen LogP contribution in [0.1, 0.15) is 13.8 Å². The third-order valence-electron chi connectivity index (χ3n) is 4.95. The number of amides is 2. The Morgan fingerprint density at radius 1 is 1.23 bits per heavy atom. The van der Waals surface area contributed by atoms with E-state index in [2.05, 4.69) is 0 Å². The zero-order valence-corrected chi connectivity index (χ0v) is 17.5. The van der Waals surface area contributed by atoms with Crippen LogP contribution < -0.4 is 9.57 Å². The number of fused-ring (bicyclic) bond motifs is 1. The minimum absolute atomic E-state index is 0.114. The summed E-state index contributed by atoms with van der Waals surface area (Å²) in [4.78, 5) is 55.0. The number of benzene rings is 1. The molecule has 3 rings (SSSR count). The van der Waals surface area contributed by atoms with Gasteiger partial charge in [-0.3, -0.25) is 19.2 Å². The second-order valence-corrected chi connectivity index (χ2v) is 8.19. The molecule has 2 aliphatic rings. The first-order valence-electron chi connectivity index (χ1n) is 9.09. The van der Waals surface area contributed by atoms with E-state index < -0.39 is 40.6 Å². The highest BCUT2D eigenvalue weighted by molar-refractivity contribution is 8.00. The number of ether oxygens (including phenoxy) is 2. The third-order valence-corrected chi connectivity index (χ3v) is 6.52. The average molecular weight is 438 g/mol. The number of carboxylic acids is 1. The Bertz CT molecular complexity index is 861. The molecule has 2 heterocycles. The number of esters is 1. The van der Waals surface area contributed by atoms with Crippen molar-refractivity contribution in [3.63, 3.8) is 0 Å². The van der Waals surface area contributed by atoms with E-state index in [4.69, 9.17) is 14.3 Å². The fourth-order valence-corrected chi connectivity index (χ4v) is 4.83. The van der Waals surface area contributed by atoms with Crippen LogP contribution in [0.25, 0.3) is 0 Å². The topological polar surface area (TPSA) is 123 Å². The minimum Gasteiger partial charge on any atom is -0.497 e. The number of rotatable bonds is 7. The van der Waals surface area contributed by atoms with E-state index in [9.17, 15) is 24.3 Å². The molecule has 2 fully saturated rings. The Balaban J connectivity index is 1.74. The number of carbonyl (C=O) groups excluding carboxylic acids is 3. The highest BCUT2D eigenvalue weighted by Gasteiger charge is 2.60. The van der Waals surface area contributed by atoms with Crippen LogP contribution in [0.3, 0.4) is 0 Å². The Morgan fingerprint density at radius 2 is 1.87 bits per heavy atom. The van der Waals surface area contributed by atoms with Gasteiger partial charge in [0.25, 0.3) is 11.8 Å². The number of β-lactam (4-membered cyclic amide) rings is 1. The lowest BCUT2D eigenvalue weighted by molar-refractivity contribution is -0.193. The molecule has 0 aliphatic carbocycles. The second kappa shape index (κ2) is 8.42. The molecule has 0 saturated carbocycles. The normalized spacial score (nSPS) is 24.9. The van der Waals surface area contributed by atoms with Crippen LogP contribution in [0.5, 0.6) is 11.5 Å². The van der Waals surface area contributed by atoms with E-state index in [0.717, 1.165) is 5.06 Å². The highest BCUT2D eigenvalue weighted by Crippen LogP contribution is 2.44. The molecule has 162 valence electrons. The molecular formula is C19H22N2O8S. The standard InChI is InChI=1S/C19H22N2O8S/c1-11(22)21(29-14-6-4-13(27-3)5-7-14)15-16(24)20-8-19(18(25)26,9-28-12(2)23)10-30-17(15)20/h4-7,15,17H,8-10H2,1-3H3,(H,25,26)/t15?,17-,19?/m1/s1. The van der Waals surface area contributed by atoms with Crippen LogP contribution >= 0.6 is 11.8 Å². The maximum absolute atomic E-state index is 12.8. The smallest absolute Gasteiger partial charge is 0.315 e. The number of hydrogen-bond donors (Lipinski definition) is 1. The summed E-state index contributed by atoms with van der Waals surface area (Å²) in [5, 5.41) is 10.2. The van der Waals surface area contributed by atoms with Gasteiger partial charge in [0, 0.05) is 26.1 Å². The summed E-state index contributed by atoms with van der Waals surface area (Å²) in [5.41, 5.74) is -1.40. The number of thioether (sulfide) groups is 1. The molecule has 0 spiro atoms. The molecule has 0 radical (unpaired) electrons. The first kappa shape index (κ1) is 21.8. The molecule has 1 N–H and O–H groups in total. The molecule has 0 aromatic heterocycles. The summed E-state index contributed by atoms with van der Waals surface area (Å²) in [7, 11) is 1.53. The summed E-state index contributed by atoms with van der Waals surface area (Å²) >= 11 is 1.21. The number of hydroxylamine groups is 2. The Hall–Kier alpha value is -2.95. The van der Waals surface area contributed by atoms with Crippen molar-refractivity contribution in [2.75, 3.05) is 26.0 Å². The lowest BCUT2D eigenvalue weighted by Gasteiger charge is -2.55. The lowest BCUT2D eigenvalue weighted by atomic mass is 9.88. The maximum atomic E-state index is 12.8. The number of carboxylic acid groups (broad SMARTS) is 1. The van der Waals surface area contributed by atoms with E-state index >= 15 is 0 Å². The second-order valence-electron chi connectivity index (χ2n) is 7.09. The van der Waals surface area contributed by atoms with Gasteiger partial charge in [-0.15, -0.1) is 11.8 Å². The quantitative estimate of drug-likeness (QED) is 0.373. The highest BCUT2D eigenvalue weighted by atomic mass is 32.2. The van der Waals surface area contributed by atoms with Gasteiger partial charge in [-0.25, -0.2) is 0 Å². The lowest BCUT2D eigenvalue weighted by Crippen LogP contribution is -2.75. The van der Waals surface area contributed by atoms with Crippen LogP contribution in [0.4, 0.5) is 0 Å². The van der Waals surface area contributed by atoms with Crippen LogP contribution in [-0.2, 0) is 23.9 Å². The maximum Gasteiger partial charge on any atom is 0.315 e. The molecule has 30 heavy (non-hydrogen) atoms. The van der Waals surface area contributed by atoms with Crippen molar-refractivity contribution in [3.05, 3.63) is 24.3 Å². The van der Waals surface area contributed by atoms with Gasteiger partial charge in [-0.1, -0.05) is 0 Å². The van der Waals surface area contributed by atoms with Gasteiger partial charge in [0.1, 0.15) is 23.1 Å². The molecule has 2 aliphatic heterocycles. The molecule has 3 atom stereocenters. The Labute approximate surface area is 177 Å². The predicted molar refractivity (Wildman–Crippen MR) is 105 cm³/mol. The van der Waals surface area contributed by atoms with Crippen LogP contribution in [0.15, 0.2) is 24.3 Å². The molecule has 1 aromatic carbocycles. The zero-order valence-electron chi connectivity index (χ0n) is 16.7. The van der Waals surface area contributed by atoms with Crippen LogP contribution in [0, 0.1) is 5.41 Å². The van der Waals surface area contributed by atoms with Crippen molar-refractivity contribution < 1.29 is 38.6 Å². The summed E-state index contributed by atoms with van der Waals surface area (Å²) in [6, 6.07) is 5.66. The molecule has 10 nitrogen and oxygen atoms in total. The molecule has 1 aromatic rings. The number of methoxy groups -OCH3 is 1. The largest absolute Gasteiger partial charge is 0.497 e. The SMILES string of the molecule is COc1ccc(ON(C(C)=O)C2C(=O)N3CC(COC(C)=O)(C(=O)O)CS[C@H]23)cc1. The Morgan fingerprint density at radius 3 is 2.40 bits per heavy atom. The van der Waals surface area contributed by atoms with E-state index in [-0.39, 0.29) is 18.9 Å². The molecule has 11 heteroatoms. The number of aliphatic carboxylic acids is 1. The minimum atomic E-state index is -1.40. The average Bonchev–Trinajstić information content (AvgIpc) is 2.72. The molecular weight excluding hydrogens is 416 g/mol. The van der Waals surface area contributed by atoms with Gasteiger partial charge < -0.3 is 24.3 Å². The van der Waals surface area contributed by atoms with Crippen molar-refractivity contribution in [1.82, 2.24) is 9.96 Å². The number of carbonyl (C=O) groups is 4. The first-order chi connectivity index (χ1) is 14.2. The summed E-state index contributed by atoms with van der Waals surface area (Å²) in [5.74, 6) is -1.54. The van der Waals surface area contributed by atoms with Gasteiger partial charge in [-0.2, -0.15) is 5.06 Å². The van der Waals surface area contributed by atoms with Gasteiger partial charge in [0.2, 0.25) is 0 Å². The fraction of sp³-hybridized carbons (Fsp3) is 0.474. The van der Waals surface area contributed by atoms with E-state index in [1.807, 2.05) is 0 Å². The van der Waals surface area contributed by atoms with E-state index in [1.165, 1.54) is 37.6 Å². The van der Waals surface area contributed by atoms with Gasteiger partial charge >= 0.3 is 11.9 Å². The van der Waals surface area contributed by atoms with Crippen molar-refractivity contribution in [1.29, 1.82) is 0 Å². The molecule has 2 unspecified atom stereocenters. The fourth-order valence-electron chi connectivity index (χ4n) is 3.27. The van der Waals surface area contributed by atoms with Crippen LogP contribution in [-0.4, -0.2) is 76.3 Å². The van der Waals surface area contributed by atoms with E-state index in [1.54, 1.807) is 24.3 Å². The monoisotopic (exact) mass is 438 g/mol. The van der Waals surface area contributed by atoms with Gasteiger partial charge in [-0.05, 0) is 24.3 Å². The van der Waals surface area contributed by atoms with E-state index in [0.29, 0.717) is 11.5 Å². The van der Waals surface area contributed by atoms with Gasteiger partial charge in [0.05, 0.1) is 7.11 Å². The van der Waals surface area contributed by atoms with Crippen molar-refractivity contribution >= 4 is 35.5 Å². The predicted octanol–water partition coefficient (Wildman–Crippen LogP) is 0.755. The van der Waals surface area contributed by atoms with Crippen molar-refractivity contribution in [2.45, 2.75) is 25.3 Å². The van der Waals surface area contributed by atoms with Gasteiger partial charge in [0.15, 0.2) is 11.8 Å². The summed E-state index contributed by atoms with van der Waals surface area (Å²) < 4.78 is 10.0. The third kappa shape index (κ3) is 4.02. The van der Waals surface area contributed by atoms with Crippen molar-refractivity contribution in [3.8, 4) is 11.5 Å². The summed E-state index contributed by atoms with van der Waals surface area (Å²) in [6.45, 7) is 2.04. The zero-order chi connectivity index (χ0) is 22.1. The molecule has 0 bridgehead atoms. The molecule has 2 amide bonds. The first-order valence-corrected chi connectivity index (χ1v) is 10.1. The molecule has 2 saturated heterocycles. The number of nitrogens with zero attached hydrogens (tertiary/aromatic N) is 2. The number of hydrogen-bond acceptors (Lipinski definition) is 8.